The molecule has 1 saturated heterocycles. The van der Waals surface area contributed by atoms with Crippen LogP contribution in [0.15, 0.2) is 48.7 Å². The van der Waals surface area contributed by atoms with Gasteiger partial charge in [0.05, 0.1) is 0 Å². The van der Waals surface area contributed by atoms with Crippen molar-refractivity contribution >= 4 is 70.7 Å². The van der Waals surface area contributed by atoms with Gasteiger partial charge in [0.15, 0.2) is 0 Å². The van der Waals surface area contributed by atoms with Gasteiger partial charge in [-0.25, -0.2) is 0 Å². The second kappa shape index (κ2) is 11.4. The van der Waals surface area contributed by atoms with Gasteiger partial charge in [-0.1, -0.05) is 0 Å². The molecule has 2 aromatic carbocycles. The molecule has 0 amide bonds. The Morgan fingerprint density at radius 2 is 2.00 bits per heavy atom. The quantitative estimate of drug-likeness (QED) is 0.387. The van der Waals surface area contributed by atoms with Gasteiger partial charge in [0.2, 0.25) is 0 Å². The van der Waals surface area contributed by atoms with E-state index < -0.39 is 27.8 Å². The van der Waals surface area contributed by atoms with Crippen LogP contribution in [-0.4, -0.2) is 84.2 Å². The number of aromatic nitrogens is 2. The molecule has 0 spiro atoms. The summed E-state index contributed by atoms with van der Waals surface area (Å²) in [6, 6.07) is 13.3. The molecular weight excluding hydrogens is 585 g/mol. The molecule has 1 aliphatic rings. The molecule has 10 heteroatoms. The van der Waals surface area contributed by atoms with Crippen molar-refractivity contribution in [2.24, 2.45) is 0 Å². The number of nitrogens with zero attached hydrogens (tertiary/aromatic N) is 3. The van der Waals surface area contributed by atoms with Gasteiger partial charge in [-0.05, 0) is 0 Å². The Hall–Kier alpha value is -1.39. The molecule has 0 bridgehead atoms. The van der Waals surface area contributed by atoms with Gasteiger partial charge >= 0.3 is 219 Å². The third kappa shape index (κ3) is 6.39. The summed E-state index contributed by atoms with van der Waals surface area (Å²) in [5, 5.41) is 14.6. The zero-order valence-corrected chi connectivity index (χ0v) is 23.8. The van der Waals surface area contributed by atoms with Gasteiger partial charge in [0.1, 0.15) is 0 Å². The number of benzene rings is 2. The zero-order valence-electron chi connectivity index (χ0n) is 17.8. The van der Waals surface area contributed by atoms with Crippen molar-refractivity contribution in [2.75, 3.05) is 19.6 Å². The van der Waals surface area contributed by atoms with E-state index in [2.05, 4.69) is 27.3 Å². The number of hydrogen-bond donors (Lipinski definition) is 2. The molecule has 1 aliphatic heterocycles. The second-order valence-electron chi connectivity index (χ2n) is 7.82. The molecule has 3 atom stereocenters. The average molecular weight is 609 g/mol. The first-order valence-corrected chi connectivity index (χ1v) is 15.0. The first-order valence-electron chi connectivity index (χ1n) is 10.5. The Labute approximate surface area is 218 Å². The van der Waals surface area contributed by atoms with Crippen LogP contribution >= 0.6 is 23.2 Å². The Kier molecular flexibility index (Phi) is 8.51. The van der Waals surface area contributed by atoms with Crippen LogP contribution in [0.1, 0.15) is 11.1 Å². The summed E-state index contributed by atoms with van der Waals surface area (Å²) in [6.45, 7) is 2.68. The van der Waals surface area contributed by atoms with E-state index in [4.69, 9.17) is 28.2 Å². The fourth-order valence-electron chi connectivity index (χ4n) is 3.75. The van der Waals surface area contributed by atoms with Crippen LogP contribution in [0.3, 0.4) is 0 Å². The average Bonchev–Trinajstić information content (AvgIpc) is 2.80. The van der Waals surface area contributed by atoms with Crippen molar-refractivity contribution in [3.8, 4) is 11.3 Å². The number of carboxylic acids is 1. The third-order valence-electron chi connectivity index (χ3n) is 5.48. The number of hydrogen-bond acceptors (Lipinski definition) is 5. The summed E-state index contributed by atoms with van der Waals surface area (Å²) in [5.74, 6) is -0.806. The van der Waals surface area contributed by atoms with E-state index in [0.717, 1.165) is 43.1 Å². The maximum atomic E-state index is 11.3. The van der Waals surface area contributed by atoms with Gasteiger partial charge in [-0.3, -0.25) is 0 Å². The number of piperazine rings is 1. The van der Waals surface area contributed by atoms with Crippen LogP contribution < -0.4 is 14.3 Å². The van der Waals surface area contributed by atoms with Crippen LogP contribution in [-0.2, 0) is 16.5 Å². The molecule has 1 fully saturated rings. The van der Waals surface area contributed by atoms with E-state index in [-0.39, 0.29) is 0 Å². The molecule has 6 nitrogen and oxygen atoms in total. The van der Waals surface area contributed by atoms with Crippen molar-refractivity contribution < 1.29 is 9.90 Å². The van der Waals surface area contributed by atoms with E-state index in [1.807, 2.05) is 36.5 Å². The predicted octanol–water partition coefficient (Wildman–Crippen LogP) is 0.829. The van der Waals surface area contributed by atoms with Crippen molar-refractivity contribution in [2.45, 2.75) is 17.8 Å². The van der Waals surface area contributed by atoms with Crippen molar-refractivity contribution in [1.29, 1.82) is 0 Å². The Morgan fingerprint density at radius 1 is 1.24 bits per heavy atom. The first kappa shape index (κ1) is 24.7. The number of carboxylic acid groups (broad SMARTS) is 1. The van der Waals surface area contributed by atoms with Crippen LogP contribution in [0, 0.1) is 0 Å². The number of rotatable bonds is 7. The van der Waals surface area contributed by atoms with Crippen molar-refractivity contribution in [1.82, 2.24) is 20.2 Å². The molecule has 0 aliphatic carbocycles. The van der Waals surface area contributed by atoms with E-state index in [9.17, 15) is 9.90 Å². The summed E-state index contributed by atoms with van der Waals surface area (Å²) < 4.78 is 2.08. The van der Waals surface area contributed by atoms with Gasteiger partial charge in [-0.15, -0.1) is 0 Å². The Bertz CT molecular complexity index is 1140. The second-order valence-corrected chi connectivity index (χ2v) is 12.3. The normalized spacial score (nSPS) is 17.0. The summed E-state index contributed by atoms with van der Waals surface area (Å²) in [7, 11) is 0. The summed E-state index contributed by atoms with van der Waals surface area (Å²) in [5.41, 5.74) is 3.98. The zero-order chi connectivity index (χ0) is 23.4. The van der Waals surface area contributed by atoms with E-state index in [1.165, 1.54) is 16.9 Å². The van der Waals surface area contributed by atoms with Gasteiger partial charge in [0, 0.05) is 0 Å². The number of carbonyl (C=O) groups is 1. The number of aliphatic carboxylic acids is 1. The first-order chi connectivity index (χ1) is 15.9. The monoisotopic (exact) mass is 608 g/mol. The van der Waals surface area contributed by atoms with Crippen LogP contribution in [0.5, 0.6) is 0 Å². The van der Waals surface area contributed by atoms with Crippen LogP contribution in [0.4, 0.5) is 0 Å². The summed E-state index contributed by atoms with van der Waals surface area (Å²) >= 11 is 13.6. The molecule has 33 heavy (non-hydrogen) atoms. The summed E-state index contributed by atoms with van der Waals surface area (Å²) in [6.07, 6.45) is 1.83. The molecule has 1 aromatic heterocycles. The molecule has 0 saturated carbocycles. The Balaban J connectivity index is 1.50. The Morgan fingerprint density at radius 3 is 2.76 bits per heavy atom. The predicted molar refractivity (Wildman–Crippen MR) is 137 cm³/mol. The topological polar surface area (TPSA) is 78.3 Å². The third-order valence-corrected chi connectivity index (χ3v) is 10.9. The molecule has 4 rings (SSSR count). The van der Waals surface area contributed by atoms with Gasteiger partial charge in [0.25, 0.3) is 0 Å². The van der Waals surface area contributed by atoms with E-state index >= 15 is 0 Å². The number of halogens is 2. The van der Waals surface area contributed by atoms with Gasteiger partial charge in [-0.2, -0.15) is 0 Å². The molecule has 0 radical (unpaired) electrons. The summed E-state index contributed by atoms with van der Waals surface area (Å²) in [4.78, 5) is 23.1. The van der Waals surface area contributed by atoms with Crippen molar-refractivity contribution in [3.05, 3.63) is 69.8 Å². The minimum atomic E-state index is -0.806. The van der Waals surface area contributed by atoms with E-state index in [0.29, 0.717) is 29.7 Å². The minimum absolute atomic E-state index is 0.492. The SMILES string of the molecule is O=C(O)C1CN(Cc2cccc(-c3cnc([AsH2])c([AsH]Cc4c(Cl)cccc4Cl)n3)c2)CCN1. The fourth-order valence-corrected chi connectivity index (χ4v) is 8.61. The van der Waals surface area contributed by atoms with Gasteiger partial charge < -0.3 is 0 Å². The molecule has 3 aromatic rings. The van der Waals surface area contributed by atoms with Crippen LogP contribution in [0.25, 0.3) is 11.3 Å². The molecule has 172 valence electrons. The molecular formula is C23H24As2Cl2N4O2. The van der Waals surface area contributed by atoms with E-state index in [1.54, 1.807) is 0 Å². The fraction of sp³-hybridized carbons (Fsp3) is 0.261. The maximum absolute atomic E-state index is 11.3. The van der Waals surface area contributed by atoms with Crippen LogP contribution in [0.2, 0.25) is 10.0 Å². The molecule has 2 heterocycles. The standard InChI is InChI=1S/C23H24As2Cl2N4O2/c24-21-22(25-10-16-17(26)5-2-6-18(16)27)30-19(11-29-21)15-4-1-3-14(9-15)12-31-8-7-28-20(13-31)23(32)33/h1-6,9,11,20,25,28H,7-8,10,12-13,24H2,(H,32,33). The number of nitrogens with one attached hydrogen (secondary N) is 1. The molecule has 3 unspecified atom stereocenters. The van der Waals surface area contributed by atoms with Crippen molar-refractivity contribution in [3.63, 3.8) is 0 Å². The molecule has 2 N–H and O–H groups in total.